The van der Waals surface area contributed by atoms with Crippen molar-refractivity contribution in [2.45, 2.75) is 58.2 Å². The average Bonchev–Trinajstić information content (AvgIpc) is 2.58. The topological polar surface area (TPSA) is 30.5 Å². The molecule has 82 valence electrons. The highest BCUT2D eigenvalue weighted by Gasteiger charge is 2.49. The second-order valence-corrected chi connectivity index (χ2v) is 4.96. The minimum atomic E-state index is -0.386. The van der Waals surface area contributed by atoms with Gasteiger partial charge in [-0.05, 0) is 19.8 Å². The number of fused-ring (bicyclic) bond motifs is 1. The van der Waals surface area contributed by atoms with Gasteiger partial charge in [0.1, 0.15) is 12.2 Å². The van der Waals surface area contributed by atoms with Gasteiger partial charge in [0.25, 0.3) is 0 Å². The third-order valence-corrected chi connectivity index (χ3v) is 3.39. The Bertz CT molecular complexity index is 217. The van der Waals surface area contributed by atoms with Crippen molar-refractivity contribution >= 4 is 0 Å². The molecule has 0 radical (unpaired) electrons. The minimum absolute atomic E-state index is 0.250. The first-order valence-electron chi connectivity index (χ1n) is 5.62. The normalized spacial score (nSPS) is 42.4. The van der Waals surface area contributed by atoms with Crippen LogP contribution in [0.25, 0.3) is 0 Å². The summed E-state index contributed by atoms with van der Waals surface area (Å²) in [6.45, 7) is 9.43. The van der Waals surface area contributed by atoms with Crippen molar-refractivity contribution in [1.82, 2.24) is 5.32 Å². The third kappa shape index (κ3) is 1.69. The Balaban J connectivity index is 2.04. The molecule has 0 amide bonds. The lowest BCUT2D eigenvalue weighted by Gasteiger charge is -2.25. The largest absolute Gasteiger partial charge is 0.343 e. The van der Waals surface area contributed by atoms with E-state index in [4.69, 9.17) is 9.47 Å². The average molecular weight is 199 g/mol. The van der Waals surface area contributed by atoms with Crippen LogP contribution in [0, 0.1) is 5.92 Å². The molecule has 2 heterocycles. The SMILES string of the molecule is CCC(C)[C@@H]1NC[C@H]2OC(C)(C)O[C@H]21. The summed E-state index contributed by atoms with van der Waals surface area (Å²) in [6, 6.07) is 0.465. The summed E-state index contributed by atoms with van der Waals surface area (Å²) in [5.41, 5.74) is 0. The van der Waals surface area contributed by atoms with Crippen LogP contribution < -0.4 is 5.32 Å². The number of rotatable bonds is 2. The Morgan fingerprint density at radius 2 is 2.14 bits per heavy atom. The van der Waals surface area contributed by atoms with E-state index in [-0.39, 0.29) is 18.0 Å². The van der Waals surface area contributed by atoms with E-state index < -0.39 is 0 Å². The molecule has 0 saturated carbocycles. The molecule has 2 saturated heterocycles. The molecule has 1 N–H and O–H groups in total. The van der Waals surface area contributed by atoms with Crippen molar-refractivity contribution in [2.24, 2.45) is 5.92 Å². The molecule has 0 aromatic heterocycles. The van der Waals surface area contributed by atoms with Gasteiger partial charge in [0.15, 0.2) is 5.79 Å². The molecule has 14 heavy (non-hydrogen) atoms. The first-order valence-corrected chi connectivity index (χ1v) is 5.62. The van der Waals surface area contributed by atoms with Crippen LogP contribution >= 0.6 is 0 Å². The van der Waals surface area contributed by atoms with Crippen LogP contribution in [0.3, 0.4) is 0 Å². The lowest BCUT2D eigenvalue weighted by molar-refractivity contribution is -0.154. The summed E-state index contributed by atoms with van der Waals surface area (Å²) in [7, 11) is 0. The minimum Gasteiger partial charge on any atom is -0.343 e. The number of nitrogens with one attached hydrogen (secondary N) is 1. The van der Waals surface area contributed by atoms with Crippen molar-refractivity contribution in [2.75, 3.05) is 6.54 Å². The van der Waals surface area contributed by atoms with Crippen molar-refractivity contribution in [1.29, 1.82) is 0 Å². The van der Waals surface area contributed by atoms with Gasteiger partial charge in [-0.3, -0.25) is 0 Å². The highest BCUT2D eigenvalue weighted by Crippen LogP contribution is 2.35. The van der Waals surface area contributed by atoms with Crippen molar-refractivity contribution in [3.05, 3.63) is 0 Å². The Kier molecular flexibility index (Phi) is 2.58. The zero-order valence-electron chi connectivity index (χ0n) is 9.54. The van der Waals surface area contributed by atoms with Crippen molar-refractivity contribution in [3.63, 3.8) is 0 Å². The van der Waals surface area contributed by atoms with Crippen LogP contribution in [0.4, 0.5) is 0 Å². The van der Waals surface area contributed by atoms with E-state index >= 15 is 0 Å². The van der Waals surface area contributed by atoms with Crippen molar-refractivity contribution in [3.8, 4) is 0 Å². The number of ether oxygens (including phenoxy) is 2. The predicted molar refractivity (Wildman–Crippen MR) is 55.1 cm³/mol. The van der Waals surface area contributed by atoms with Crippen LogP contribution in [-0.4, -0.2) is 30.6 Å². The summed E-state index contributed by atoms with van der Waals surface area (Å²) >= 11 is 0. The first-order chi connectivity index (χ1) is 6.53. The van der Waals surface area contributed by atoms with Gasteiger partial charge in [-0.15, -0.1) is 0 Å². The fourth-order valence-electron chi connectivity index (χ4n) is 2.47. The van der Waals surface area contributed by atoms with Gasteiger partial charge < -0.3 is 14.8 Å². The lowest BCUT2D eigenvalue weighted by Crippen LogP contribution is -2.39. The number of hydrogen-bond donors (Lipinski definition) is 1. The van der Waals surface area contributed by atoms with Gasteiger partial charge in [-0.25, -0.2) is 0 Å². The third-order valence-electron chi connectivity index (χ3n) is 3.39. The summed E-state index contributed by atoms with van der Waals surface area (Å²) in [6.07, 6.45) is 1.69. The molecule has 0 spiro atoms. The molecule has 1 unspecified atom stereocenters. The fraction of sp³-hybridized carbons (Fsp3) is 1.00. The molecule has 2 fully saturated rings. The maximum absolute atomic E-state index is 5.92. The first kappa shape index (κ1) is 10.4. The smallest absolute Gasteiger partial charge is 0.163 e. The van der Waals surface area contributed by atoms with Gasteiger partial charge in [-0.1, -0.05) is 20.3 Å². The molecule has 0 aliphatic carbocycles. The molecule has 2 aliphatic rings. The standard InChI is InChI=1S/C11H21NO2/c1-5-7(2)9-10-8(6-12-9)13-11(3,4)14-10/h7-10,12H,5-6H2,1-4H3/t7?,8-,9+,10-/m1/s1. The highest BCUT2D eigenvalue weighted by atomic mass is 16.8. The molecule has 2 rings (SSSR count). The molecule has 3 heteroatoms. The van der Waals surface area contributed by atoms with E-state index in [1.54, 1.807) is 0 Å². The van der Waals surface area contributed by atoms with Crippen LogP contribution in [0.15, 0.2) is 0 Å². The Hall–Kier alpha value is -0.120. The van der Waals surface area contributed by atoms with Crippen LogP contribution in [-0.2, 0) is 9.47 Å². The molecular formula is C11H21NO2. The van der Waals surface area contributed by atoms with Crippen molar-refractivity contribution < 1.29 is 9.47 Å². The quantitative estimate of drug-likeness (QED) is 0.731. The van der Waals surface area contributed by atoms with Crippen LogP contribution in [0.2, 0.25) is 0 Å². The van der Waals surface area contributed by atoms with E-state index in [0.717, 1.165) is 6.54 Å². The molecule has 4 atom stereocenters. The Labute approximate surface area is 86.2 Å². The zero-order chi connectivity index (χ0) is 10.3. The highest BCUT2D eigenvalue weighted by molar-refractivity contribution is 4.99. The van der Waals surface area contributed by atoms with E-state index in [1.807, 2.05) is 13.8 Å². The van der Waals surface area contributed by atoms with E-state index in [1.165, 1.54) is 6.42 Å². The number of hydrogen-bond acceptors (Lipinski definition) is 3. The van der Waals surface area contributed by atoms with Crippen LogP contribution in [0.5, 0.6) is 0 Å². The second kappa shape index (κ2) is 3.47. The molecule has 3 nitrogen and oxygen atoms in total. The van der Waals surface area contributed by atoms with Gasteiger partial charge in [-0.2, -0.15) is 0 Å². The van der Waals surface area contributed by atoms with E-state index in [9.17, 15) is 0 Å². The second-order valence-electron chi connectivity index (χ2n) is 4.96. The van der Waals surface area contributed by atoms with E-state index in [2.05, 4.69) is 19.2 Å². The summed E-state index contributed by atoms with van der Waals surface area (Å²) in [4.78, 5) is 0. The molecule has 0 bridgehead atoms. The predicted octanol–water partition coefficient (Wildman–Crippen LogP) is 1.52. The zero-order valence-corrected chi connectivity index (χ0v) is 9.54. The monoisotopic (exact) mass is 199 g/mol. The summed E-state index contributed by atoms with van der Waals surface area (Å²) < 4.78 is 11.7. The molecule has 0 aromatic carbocycles. The molecule has 0 aromatic rings. The van der Waals surface area contributed by atoms with Crippen LogP contribution in [0.1, 0.15) is 34.1 Å². The summed E-state index contributed by atoms with van der Waals surface area (Å²) in [5.74, 6) is 0.269. The summed E-state index contributed by atoms with van der Waals surface area (Å²) in [5, 5.41) is 3.50. The van der Waals surface area contributed by atoms with Gasteiger partial charge in [0, 0.05) is 12.6 Å². The van der Waals surface area contributed by atoms with Gasteiger partial charge in [0.2, 0.25) is 0 Å². The molecule has 2 aliphatic heterocycles. The van der Waals surface area contributed by atoms with E-state index in [0.29, 0.717) is 12.0 Å². The lowest BCUT2D eigenvalue weighted by atomic mass is 9.95. The maximum atomic E-state index is 5.92. The Morgan fingerprint density at radius 1 is 1.43 bits per heavy atom. The maximum Gasteiger partial charge on any atom is 0.163 e. The van der Waals surface area contributed by atoms with Gasteiger partial charge >= 0.3 is 0 Å². The molecular weight excluding hydrogens is 178 g/mol. The van der Waals surface area contributed by atoms with Gasteiger partial charge in [0.05, 0.1) is 0 Å². The Morgan fingerprint density at radius 3 is 2.79 bits per heavy atom. The fourth-order valence-corrected chi connectivity index (χ4v) is 2.47.